The fraction of sp³-hybridized carbons (Fsp3) is 0. The van der Waals surface area contributed by atoms with Crippen molar-refractivity contribution in [2.45, 2.75) is 0 Å². The summed E-state index contributed by atoms with van der Waals surface area (Å²) in [7, 11) is 0. The van der Waals surface area contributed by atoms with Crippen LogP contribution >= 0.6 is 11.3 Å². The van der Waals surface area contributed by atoms with Gasteiger partial charge in [0.1, 0.15) is 22.3 Å². The molecule has 0 saturated carbocycles. The van der Waals surface area contributed by atoms with Gasteiger partial charge in [0.25, 0.3) is 0 Å². The molecule has 10 aromatic rings. The van der Waals surface area contributed by atoms with E-state index in [2.05, 4.69) is 120 Å². The van der Waals surface area contributed by atoms with Crippen LogP contribution in [-0.4, -0.2) is 0 Å². The van der Waals surface area contributed by atoms with E-state index in [1.54, 1.807) is 0 Å². The summed E-state index contributed by atoms with van der Waals surface area (Å²) in [5, 5.41) is 9.59. The summed E-state index contributed by atoms with van der Waals surface area (Å²) in [4.78, 5) is 2.31. The van der Waals surface area contributed by atoms with Gasteiger partial charge in [0.05, 0.1) is 0 Å². The third kappa shape index (κ3) is 3.43. The van der Waals surface area contributed by atoms with Crippen molar-refractivity contribution in [1.82, 2.24) is 0 Å². The molecule has 0 aliphatic heterocycles. The van der Waals surface area contributed by atoms with E-state index < -0.39 is 0 Å². The highest BCUT2D eigenvalue weighted by Crippen LogP contribution is 2.44. The average Bonchev–Trinajstić information content (AvgIpc) is 3.75. The molecule has 0 fully saturated rings. The summed E-state index contributed by atoms with van der Waals surface area (Å²) in [6.07, 6.45) is 0. The van der Waals surface area contributed by atoms with Crippen molar-refractivity contribution < 1.29 is 8.83 Å². The van der Waals surface area contributed by atoms with Gasteiger partial charge in [-0.05, 0) is 65.4 Å². The Balaban J connectivity index is 1.22. The predicted octanol–water partition coefficient (Wildman–Crippen LogP) is 12.5. The molecule has 0 spiro atoms. The van der Waals surface area contributed by atoms with Gasteiger partial charge in [-0.2, -0.15) is 0 Å². The summed E-state index contributed by atoms with van der Waals surface area (Å²) in [5.41, 5.74) is 6.66. The molecule has 3 aromatic heterocycles. The SMILES string of the molecule is c1ccc2c(c1)ccc1c3cc(N(c4ccc5c(c4)oc4ccccc45)c4ccc5c(c4)oc4ccccc45)ccc3sc21. The van der Waals surface area contributed by atoms with Gasteiger partial charge < -0.3 is 13.7 Å². The van der Waals surface area contributed by atoms with Crippen molar-refractivity contribution >= 4 is 103 Å². The molecule has 0 aliphatic rings. The maximum absolute atomic E-state index is 6.34. The molecule has 0 N–H and O–H groups in total. The van der Waals surface area contributed by atoms with Gasteiger partial charge in [0.2, 0.25) is 0 Å². The van der Waals surface area contributed by atoms with Crippen LogP contribution in [0.5, 0.6) is 0 Å². The first kappa shape index (κ1) is 23.9. The van der Waals surface area contributed by atoms with E-state index >= 15 is 0 Å². The van der Waals surface area contributed by atoms with E-state index in [0.717, 1.165) is 60.9 Å². The van der Waals surface area contributed by atoms with Crippen molar-refractivity contribution in [3.63, 3.8) is 0 Å². The second-order valence-electron chi connectivity index (χ2n) is 11.3. The Labute approximate surface area is 255 Å². The molecule has 0 aliphatic carbocycles. The number of nitrogens with zero attached hydrogens (tertiary/aromatic N) is 1. The first-order valence-electron chi connectivity index (χ1n) is 14.8. The lowest BCUT2D eigenvalue weighted by atomic mass is 10.1. The van der Waals surface area contributed by atoms with Crippen molar-refractivity contribution in [2.24, 2.45) is 0 Å². The lowest BCUT2D eigenvalue weighted by Crippen LogP contribution is -2.09. The summed E-state index contributed by atoms with van der Waals surface area (Å²) in [6.45, 7) is 0. The minimum absolute atomic E-state index is 0.868. The molecule has 0 saturated heterocycles. The number of rotatable bonds is 3. The zero-order valence-corrected chi connectivity index (χ0v) is 24.3. The molecule has 0 amide bonds. The van der Waals surface area contributed by atoms with Crippen LogP contribution in [0.1, 0.15) is 0 Å². The third-order valence-corrected chi connectivity index (χ3v) is 10.1. The number of benzene rings is 7. The Morgan fingerprint density at radius 3 is 1.59 bits per heavy atom. The molecule has 0 radical (unpaired) electrons. The Kier molecular flexibility index (Phi) is 4.87. The van der Waals surface area contributed by atoms with Crippen LogP contribution in [0.3, 0.4) is 0 Å². The molecule has 0 bridgehead atoms. The topological polar surface area (TPSA) is 29.5 Å². The second-order valence-corrected chi connectivity index (χ2v) is 12.4. The van der Waals surface area contributed by atoms with Crippen LogP contribution in [0.2, 0.25) is 0 Å². The summed E-state index contributed by atoms with van der Waals surface area (Å²) >= 11 is 1.86. The number of fused-ring (bicyclic) bond motifs is 11. The molecule has 44 heavy (non-hydrogen) atoms. The molecule has 0 unspecified atom stereocenters. The van der Waals surface area contributed by atoms with Crippen LogP contribution in [0.15, 0.2) is 148 Å². The number of anilines is 3. The van der Waals surface area contributed by atoms with Gasteiger partial charge in [0, 0.05) is 70.9 Å². The molecule has 7 aromatic carbocycles. The van der Waals surface area contributed by atoms with Gasteiger partial charge in [-0.3, -0.25) is 0 Å². The van der Waals surface area contributed by atoms with E-state index in [1.165, 1.54) is 30.9 Å². The predicted molar refractivity (Wildman–Crippen MR) is 186 cm³/mol. The lowest BCUT2D eigenvalue weighted by Gasteiger charge is -2.25. The first-order valence-corrected chi connectivity index (χ1v) is 15.6. The van der Waals surface area contributed by atoms with E-state index in [4.69, 9.17) is 8.83 Å². The van der Waals surface area contributed by atoms with Gasteiger partial charge in [-0.1, -0.05) is 72.8 Å². The zero-order chi connectivity index (χ0) is 28.8. The van der Waals surface area contributed by atoms with Crippen molar-refractivity contribution in [3.05, 3.63) is 140 Å². The smallest absolute Gasteiger partial charge is 0.137 e. The standard InChI is InChI=1S/C40H23NO2S/c1-2-8-28-24(7-1)13-17-33-34-21-25(16-20-39(34)44-40(28)33)41(26-14-18-31-29-9-3-5-11-35(29)42-37(31)22-26)27-15-19-32-30-10-4-6-12-36(30)43-38(32)23-27/h1-23H. The van der Waals surface area contributed by atoms with Gasteiger partial charge >= 0.3 is 0 Å². The second kappa shape index (κ2) is 8.96. The molecule has 0 atom stereocenters. The highest BCUT2D eigenvalue weighted by molar-refractivity contribution is 7.26. The molecular formula is C40H23NO2S. The Morgan fingerprint density at radius 1 is 0.386 bits per heavy atom. The highest BCUT2D eigenvalue weighted by Gasteiger charge is 2.19. The van der Waals surface area contributed by atoms with Crippen molar-refractivity contribution in [2.75, 3.05) is 4.90 Å². The molecule has 206 valence electrons. The normalized spacial score (nSPS) is 12.1. The van der Waals surface area contributed by atoms with E-state index in [0.29, 0.717) is 0 Å². The maximum atomic E-state index is 6.34. The zero-order valence-electron chi connectivity index (χ0n) is 23.5. The largest absolute Gasteiger partial charge is 0.456 e. The Bertz CT molecular complexity index is 2630. The summed E-state index contributed by atoms with van der Waals surface area (Å²) in [5.74, 6) is 0. The van der Waals surface area contributed by atoms with Gasteiger partial charge in [0.15, 0.2) is 0 Å². The van der Waals surface area contributed by atoms with Crippen LogP contribution in [0.4, 0.5) is 17.1 Å². The average molecular weight is 582 g/mol. The molecular weight excluding hydrogens is 559 g/mol. The monoisotopic (exact) mass is 581 g/mol. The van der Waals surface area contributed by atoms with Crippen LogP contribution in [-0.2, 0) is 0 Å². The Morgan fingerprint density at radius 2 is 0.909 bits per heavy atom. The number of para-hydroxylation sites is 2. The third-order valence-electron chi connectivity index (χ3n) is 8.84. The number of thiophene rings is 1. The number of furan rings is 2. The van der Waals surface area contributed by atoms with Crippen LogP contribution in [0, 0.1) is 0 Å². The quantitative estimate of drug-likeness (QED) is 0.208. The summed E-state index contributed by atoms with van der Waals surface area (Å²) in [6, 6.07) is 49.5. The van der Waals surface area contributed by atoms with E-state index in [1.807, 2.05) is 35.6 Å². The first-order chi connectivity index (χ1) is 21.8. The summed E-state index contributed by atoms with van der Waals surface area (Å²) < 4.78 is 15.3. The molecule has 4 heteroatoms. The highest BCUT2D eigenvalue weighted by atomic mass is 32.1. The van der Waals surface area contributed by atoms with E-state index in [9.17, 15) is 0 Å². The van der Waals surface area contributed by atoms with Crippen LogP contribution in [0.25, 0.3) is 74.8 Å². The number of hydrogen-bond donors (Lipinski definition) is 0. The fourth-order valence-electron chi connectivity index (χ4n) is 6.79. The minimum atomic E-state index is 0.868. The lowest BCUT2D eigenvalue weighted by molar-refractivity contribution is 0.669. The number of hydrogen-bond acceptors (Lipinski definition) is 4. The maximum Gasteiger partial charge on any atom is 0.137 e. The molecule has 10 rings (SSSR count). The van der Waals surface area contributed by atoms with Crippen molar-refractivity contribution in [3.8, 4) is 0 Å². The van der Waals surface area contributed by atoms with E-state index in [-0.39, 0.29) is 0 Å². The minimum Gasteiger partial charge on any atom is -0.456 e. The molecule has 3 nitrogen and oxygen atoms in total. The molecule has 3 heterocycles. The Hall–Kier alpha value is -5.58. The van der Waals surface area contributed by atoms with Gasteiger partial charge in [-0.15, -0.1) is 11.3 Å². The van der Waals surface area contributed by atoms with Crippen molar-refractivity contribution in [1.29, 1.82) is 0 Å². The van der Waals surface area contributed by atoms with Gasteiger partial charge in [-0.25, -0.2) is 0 Å². The fourth-order valence-corrected chi connectivity index (χ4v) is 8.00. The van der Waals surface area contributed by atoms with Crippen LogP contribution < -0.4 is 4.90 Å².